The van der Waals surface area contributed by atoms with Crippen LogP contribution in [-0.2, 0) is 18.9 Å². The SMILES string of the molecule is C#CCNC1=NC(=O)S/C1=C\C[C@H]1[C@H]2CN(Cc3ccc(C(F)(F)F)cc3C(F)(F)F)C[C@@H]12. The molecular formula is C22H19F6N3OS. The molecule has 1 aliphatic carbocycles. The summed E-state index contributed by atoms with van der Waals surface area (Å²) >= 11 is 1.02. The molecule has 0 bridgehead atoms. The zero-order valence-electron chi connectivity index (χ0n) is 17.1. The molecule has 0 unspecified atom stereocenters. The number of thioether (sulfide) groups is 1. The predicted molar refractivity (Wildman–Crippen MR) is 112 cm³/mol. The summed E-state index contributed by atoms with van der Waals surface area (Å²) < 4.78 is 78.7. The maximum Gasteiger partial charge on any atom is 0.416 e. The van der Waals surface area contributed by atoms with E-state index >= 15 is 0 Å². The lowest BCUT2D eigenvalue weighted by molar-refractivity contribution is -0.143. The molecule has 3 atom stereocenters. The average Bonchev–Trinajstić information content (AvgIpc) is 3.03. The number of likely N-dealkylation sites (tertiary alicyclic amines) is 1. The highest BCUT2D eigenvalue weighted by Gasteiger charge is 2.54. The Kier molecular flexibility index (Phi) is 6.26. The van der Waals surface area contributed by atoms with E-state index in [9.17, 15) is 31.1 Å². The summed E-state index contributed by atoms with van der Waals surface area (Å²) in [5, 5.41) is 2.59. The maximum atomic E-state index is 13.4. The molecule has 33 heavy (non-hydrogen) atoms. The number of amidine groups is 1. The molecule has 176 valence electrons. The van der Waals surface area contributed by atoms with Crippen molar-refractivity contribution in [3.05, 3.63) is 45.9 Å². The molecule has 2 aliphatic heterocycles. The van der Waals surface area contributed by atoms with Crippen LogP contribution >= 0.6 is 11.8 Å². The maximum absolute atomic E-state index is 13.4. The summed E-state index contributed by atoms with van der Waals surface area (Å²) in [6.07, 6.45) is -1.84. The van der Waals surface area contributed by atoms with Crippen LogP contribution in [0.4, 0.5) is 31.1 Å². The summed E-state index contributed by atoms with van der Waals surface area (Å²) in [5.74, 6) is 3.85. The number of alkyl halides is 6. The van der Waals surface area contributed by atoms with Gasteiger partial charge in [-0.25, -0.2) is 0 Å². The largest absolute Gasteiger partial charge is 0.416 e. The fourth-order valence-electron chi connectivity index (χ4n) is 4.57. The van der Waals surface area contributed by atoms with Gasteiger partial charge in [-0.1, -0.05) is 18.1 Å². The van der Waals surface area contributed by atoms with Crippen LogP contribution in [0.5, 0.6) is 0 Å². The van der Waals surface area contributed by atoms with Gasteiger partial charge in [-0.2, -0.15) is 31.3 Å². The highest BCUT2D eigenvalue weighted by atomic mass is 32.2. The molecule has 4 nitrogen and oxygen atoms in total. The number of halogens is 6. The second-order valence-corrected chi connectivity index (χ2v) is 9.24. The standard InChI is InChI=1S/C22H19F6N3OS/c1-2-7-29-19-18(33-20(32)30-19)6-5-14-15-10-31(11-16(14)15)9-12-3-4-13(21(23,24)25)8-17(12)22(26,27)28/h1,3-4,6,8,14-16H,5,7,9-11H2,(H,29,30,32)/b18-6-/t14-,15+,16-. The van der Waals surface area contributed by atoms with Gasteiger partial charge < -0.3 is 5.32 Å². The minimum absolute atomic E-state index is 0.0506. The Hall–Kier alpha value is -2.45. The Balaban J connectivity index is 1.36. The van der Waals surface area contributed by atoms with Gasteiger partial charge in [-0.3, -0.25) is 9.69 Å². The molecule has 1 saturated heterocycles. The van der Waals surface area contributed by atoms with Crippen LogP contribution in [0.1, 0.15) is 23.1 Å². The van der Waals surface area contributed by atoms with Crippen molar-refractivity contribution < 1.29 is 31.1 Å². The number of allylic oxidation sites excluding steroid dienone is 1. The van der Waals surface area contributed by atoms with Gasteiger partial charge in [0.2, 0.25) is 0 Å². The van der Waals surface area contributed by atoms with E-state index in [2.05, 4.69) is 16.2 Å². The average molecular weight is 487 g/mol. The molecule has 2 fully saturated rings. The van der Waals surface area contributed by atoms with Crippen LogP contribution in [0, 0.1) is 30.1 Å². The van der Waals surface area contributed by atoms with Gasteiger partial charge in [-0.15, -0.1) is 6.42 Å². The van der Waals surface area contributed by atoms with Gasteiger partial charge in [0.1, 0.15) is 5.84 Å². The first-order valence-electron chi connectivity index (χ1n) is 10.2. The lowest BCUT2D eigenvalue weighted by Gasteiger charge is -2.22. The van der Waals surface area contributed by atoms with Gasteiger partial charge in [0.05, 0.1) is 22.6 Å². The Labute approximate surface area is 190 Å². The summed E-state index contributed by atoms with van der Waals surface area (Å²) in [4.78, 5) is 18.0. The van der Waals surface area contributed by atoms with Crippen molar-refractivity contribution in [3.63, 3.8) is 0 Å². The van der Waals surface area contributed by atoms with Crippen LogP contribution in [-0.4, -0.2) is 35.6 Å². The number of hydrogen-bond donors (Lipinski definition) is 1. The Morgan fingerprint density at radius 3 is 2.48 bits per heavy atom. The summed E-state index contributed by atoms with van der Waals surface area (Å²) in [6, 6.07) is 1.81. The molecule has 1 aromatic rings. The zero-order chi connectivity index (χ0) is 24.0. The van der Waals surface area contributed by atoms with E-state index in [1.165, 1.54) is 0 Å². The second kappa shape index (κ2) is 8.72. The summed E-state index contributed by atoms with van der Waals surface area (Å²) in [6.45, 7) is 1.36. The lowest BCUT2D eigenvalue weighted by Crippen LogP contribution is -2.26. The van der Waals surface area contributed by atoms with Crippen molar-refractivity contribution in [1.82, 2.24) is 10.2 Å². The van der Waals surface area contributed by atoms with Crippen LogP contribution < -0.4 is 5.32 Å². The molecule has 1 N–H and O–H groups in total. The molecule has 0 aromatic heterocycles. The lowest BCUT2D eigenvalue weighted by atomic mass is 10.0. The molecule has 1 amide bonds. The second-order valence-electron chi connectivity index (χ2n) is 8.24. The molecule has 1 saturated carbocycles. The quantitative estimate of drug-likeness (QED) is 0.460. The van der Waals surface area contributed by atoms with Crippen molar-refractivity contribution in [1.29, 1.82) is 0 Å². The minimum atomic E-state index is -4.86. The van der Waals surface area contributed by atoms with Gasteiger partial charge in [0, 0.05) is 19.6 Å². The number of hydrogen-bond acceptors (Lipinski definition) is 4. The van der Waals surface area contributed by atoms with E-state index in [0.29, 0.717) is 49.2 Å². The van der Waals surface area contributed by atoms with Gasteiger partial charge >= 0.3 is 17.6 Å². The zero-order valence-corrected chi connectivity index (χ0v) is 17.9. The fraction of sp³-hybridized carbons (Fsp3) is 0.455. The molecule has 1 aromatic carbocycles. The van der Waals surface area contributed by atoms with E-state index < -0.39 is 23.5 Å². The third kappa shape index (κ3) is 5.22. The number of benzene rings is 1. The van der Waals surface area contributed by atoms with E-state index in [-0.39, 0.29) is 30.0 Å². The van der Waals surface area contributed by atoms with E-state index in [0.717, 1.165) is 22.7 Å². The van der Waals surface area contributed by atoms with Gasteiger partial charge in [-0.05, 0) is 53.6 Å². The van der Waals surface area contributed by atoms with Crippen LogP contribution in [0.25, 0.3) is 0 Å². The monoisotopic (exact) mass is 487 g/mol. The summed E-state index contributed by atoms with van der Waals surface area (Å²) in [5.41, 5.74) is -2.70. The van der Waals surface area contributed by atoms with E-state index in [1.807, 2.05) is 11.0 Å². The molecule has 4 rings (SSSR count). The van der Waals surface area contributed by atoms with E-state index in [1.54, 1.807) is 0 Å². The molecule has 11 heteroatoms. The number of aliphatic imine (C=N–C) groups is 1. The van der Waals surface area contributed by atoms with E-state index in [4.69, 9.17) is 6.42 Å². The molecule has 0 radical (unpaired) electrons. The first-order chi connectivity index (χ1) is 15.5. The smallest absolute Gasteiger partial charge is 0.358 e. The number of terminal acetylenes is 1. The van der Waals surface area contributed by atoms with Crippen molar-refractivity contribution in [2.75, 3.05) is 19.6 Å². The molecule has 2 heterocycles. The number of fused-ring (bicyclic) bond motifs is 1. The number of rotatable bonds is 5. The molecular weight excluding hydrogens is 468 g/mol. The van der Waals surface area contributed by atoms with Crippen LogP contribution in [0.3, 0.4) is 0 Å². The van der Waals surface area contributed by atoms with Crippen LogP contribution in [0.2, 0.25) is 0 Å². The van der Waals surface area contributed by atoms with Crippen molar-refractivity contribution in [2.24, 2.45) is 22.7 Å². The highest BCUT2D eigenvalue weighted by molar-refractivity contribution is 8.18. The number of carbonyl (C=O) groups is 1. The van der Waals surface area contributed by atoms with Crippen molar-refractivity contribution in [2.45, 2.75) is 25.3 Å². The fourth-order valence-corrected chi connectivity index (χ4v) is 5.28. The predicted octanol–water partition coefficient (Wildman–Crippen LogP) is 5.16. The Morgan fingerprint density at radius 2 is 1.88 bits per heavy atom. The van der Waals surface area contributed by atoms with Gasteiger partial charge in [0.15, 0.2) is 0 Å². The molecule has 3 aliphatic rings. The Bertz CT molecular complexity index is 1040. The molecule has 0 spiro atoms. The third-order valence-corrected chi connectivity index (χ3v) is 7.00. The van der Waals surface area contributed by atoms with Crippen LogP contribution in [0.15, 0.2) is 34.2 Å². The number of piperidine rings is 1. The summed E-state index contributed by atoms with van der Waals surface area (Å²) in [7, 11) is 0. The third-order valence-electron chi connectivity index (χ3n) is 6.15. The highest BCUT2D eigenvalue weighted by Crippen LogP contribution is 2.54. The minimum Gasteiger partial charge on any atom is -0.358 e. The number of nitrogens with zero attached hydrogens (tertiary/aromatic N) is 2. The normalized spacial score (nSPS) is 26.3. The number of nitrogens with one attached hydrogen (secondary N) is 1. The Morgan fingerprint density at radius 1 is 1.18 bits per heavy atom. The first-order valence-corrected chi connectivity index (χ1v) is 11.0. The topological polar surface area (TPSA) is 44.7 Å². The van der Waals surface area contributed by atoms with Crippen molar-refractivity contribution in [3.8, 4) is 12.3 Å². The van der Waals surface area contributed by atoms with Gasteiger partial charge in [0.25, 0.3) is 0 Å². The number of amides is 1. The number of carbonyl (C=O) groups excluding carboxylic acids is 1. The first kappa shape index (κ1) is 23.7. The van der Waals surface area contributed by atoms with Crippen molar-refractivity contribution >= 4 is 22.8 Å².